The number of hydrogen-bond acceptors (Lipinski definition) is 4. The molecule has 2 aromatic rings. The Bertz CT molecular complexity index is 716. The van der Waals surface area contributed by atoms with E-state index in [9.17, 15) is 0 Å². The van der Waals surface area contributed by atoms with Crippen molar-refractivity contribution in [3.63, 3.8) is 0 Å². The summed E-state index contributed by atoms with van der Waals surface area (Å²) in [6, 6.07) is 21.1. The lowest BCUT2D eigenvalue weighted by atomic mass is 9.96. The smallest absolute Gasteiger partial charge is 0.184 e. The minimum Gasteiger partial charge on any atom is -0.345 e. The molecule has 0 unspecified atom stereocenters. The number of nitrogens with zero attached hydrogens (tertiary/aromatic N) is 2. The van der Waals surface area contributed by atoms with Crippen LogP contribution in [-0.4, -0.2) is 54.7 Å². The summed E-state index contributed by atoms with van der Waals surface area (Å²) in [6.07, 6.45) is 0.148. The summed E-state index contributed by atoms with van der Waals surface area (Å²) in [4.78, 5) is 5.11. The predicted octanol–water partition coefficient (Wildman–Crippen LogP) is 3.94. The summed E-state index contributed by atoms with van der Waals surface area (Å²) < 4.78 is 12.5. The van der Waals surface area contributed by atoms with E-state index in [1.165, 1.54) is 5.56 Å². The zero-order chi connectivity index (χ0) is 19.3. The zero-order valence-electron chi connectivity index (χ0n) is 17.0. The van der Waals surface area contributed by atoms with Crippen LogP contribution in [0.3, 0.4) is 0 Å². The van der Waals surface area contributed by atoms with Crippen LogP contribution in [0.15, 0.2) is 60.7 Å². The lowest BCUT2D eigenvalue weighted by Crippen LogP contribution is -2.52. The minimum absolute atomic E-state index is 0.198. The highest BCUT2D eigenvalue weighted by Crippen LogP contribution is 2.33. The third kappa shape index (κ3) is 4.81. The zero-order valence-corrected chi connectivity index (χ0v) is 17.0. The predicted molar refractivity (Wildman–Crippen MR) is 112 cm³/mol. The number of hydrogen-bond donors (Lipinski definition) is 0. The van der Waals surface area contributed by atoms with Crippen LogP contribution in [0.25, 0.3) is 0 Å². The van der Waals surface area contributed by atoms with E-state index >= 15 is 0 Å². The Kier molecular flexibility index (Phi) is 6.43. The summed E-state index contributed by atoms with van der Waals surface area (Å²) in [6.45, 7) is 10.9. The first-order chi connectivity index (χ1) is 13.7. The molecule has 0 N–H and O–H groups in total. The molecule has 2 aliphatic heterocycles. The molecule has 0 spiro atoms. The van der Waals surface area contributed by atoms with Crippen molar-refractivity contribution in [3.05, 3.63) is 71.8 Å². The van der Waals surface area contributed by atoms with Crippen LogP contribution in [-0.2, 0) is 16.0 Å². The van der Waals surface area contributed by atoms with Crippen molar-refractivity contribution in [2.24, 2.45) is 5.92 Å². The molecule has 2 heterocycles. The average molecular weight is 381 g/mol. The van der Waals surface area contributed by atoms with Gasteiger partial charge in [0.25, 0.3) is 0 Å². The van der Waals surface area contributed by atoms with Crippen molar-refractivity contribution < 1.29 is 9.47 Å². The SMILES string of the molecule is C[C@@H]1[C@H](C)O[C@H](c2ccccc2)O[C@@H]1CN1CCN(Cc2ccccc2)CC1. The van der Waals surface area contributed by atoms with Gasteiger partial charge < -0.3 is 9.47 Å². The maximum atomic E-state index is 6.40. The molecule has 2 aromatic carbocycles. The molecule has 2 saturated heterocycles. The molecule has 4 heteroatoms. The fourth-order valence-electron chi connectivity index (χ4n) is 4.14. The Morgan fingerprint density at radius 3 is 2.07 bits per heavy atom. The second-order valence-electron chi connectivity index (χ2n) is 8.18. The number of ether oxygens (including phenoxy) is 2. The maximum absolute atomic E-state index is 6.40. The average Bonchev–Trinajstić information content (AvgIpc) is 2.74. The van der Waals surface area contributed by atoms with E-state index in [0.29, 0.717) is 5.92 Å². The van der Waals surface area contributed by atoms with Gasteiger partial charge in [-0.25, -0.2) is 0 Å². The molecule has 0 aliphatic carbocycles. The van der Waals surface area contributed by atoms with E-state index in [1.54, 1.807) is 0 Å². The Hall–Kier alpha value is -1.72. The topological polar surface area (TPSA) is 24.9 Å². The van der Waals surface area contributed by atoms with Crippen molar-refractivity contribution >= 4 is 0 Å². The lowest BCUT2D eigenvalue weighted by molar-refractivity contribution is -0.269. The van der Waals surface area contributed by atoms with Gasteiger partial charge in [0, 0.05) is 50.7 Å². The molecule has 0 radical (unpaired) electrons. The van der Waals surface area contributed by atoms with Crippen molar-refractivity contribution in [1.82, 2.24) is 9.80 Å². The molecule has 150 valence electrons. The van der Waals surface area contributed by atoms with E-state index in [2.05, 4.69) is 66.1 Å². The van der Waals surface area contributed by atoms with E-state index in [0.717, 1.165) is 44.8 Å². The van der Waals surface area contributed by atoms with Gasteiger partial charge in [0.05, 0.1) is 12.2 Å². The Morgan fingerprint density at radius 2 is 1.39 bits per heavy atom. The first-order valence-electron chi connectivity index (χ1n) is 10.5. The molecule has 28 heavy (non-hydrogen) atoms. The van der Waals surface area contributed by atoms with Gasteiger partial charge in [-0.2, -0.15) is 0 Å². The third-order valence-corrected chi connectivity index (χ3v) is 6.19. The highest BCUT2D eigenvalue weighted by atomic mass is 16.7. The van der Waals surface area contributed by atoms with E-state index in [4.69, 9.17) is 9.47 Å². The molecule has 2 aliphatic rings. The first-order valence-corrected chi connectivity index (χ1v) is 10.5. The number of piperazine rings is 1. The normalized spacial score (nSPS) is 29.6. The quantitative estimate of drug-likeness (QED) is 0.784. The molecule has 2 fully saturated rings. The summed E-state index contributed by atoms with van der Waals surface area (Å²) in [5.74, 6) is 0.391. The van der Waals surface area contributed by atoms with Gasteiger partial charge >= 0.3 is 0 Å². The summed E-state index contributed by atoms with van der Waals surface area (Å²) in [5.41, 5.74) is 2.51. The van der Waals surface area contributed by atoms with E-state index in [-0.39, 0.29) is 18.5 Å². The monoisotopic (exact) mass is 380 g/mol. The Balaban J connectivity index is 1.31. The van der Waals surface area contributed by atoms with Crippen molar-refractivity contribution in [1.29, 1.82) is 0 Å². The fraction of sp³-hybridized carbons (Fsp3) is 0.500. The number of benzene rings is 2. The molecule has 0 bridgehead atoms. The fourth-order valence-corrected chi connectivity index (χ4v) is 4.14. The van der Waals surface area contributed by atoms with Crippen molar-refractivity contribution in [2.45, 2.75) is 38.9 Å². The van der Waals surface area contributed by atoms with Crippen LogP contribution in [0.2, 0.25) is 0 Å². The van der Waals surface area contributed by atoms with E-state index in [1.807, 2.05) is 18.2 Å². The lowest BCUT2D eigenvalue weighted by Gasteiger charge is -2.43. The van der Waals surface area contributed by atoms with Crippen LogP contribution in [0.1, 0.15) is 31.3 Å². The molecule has 4 rings (SSSR count). The van der Waals surface area contributed by atoms with Gasteiger partial charge in [0.15, 0.2) is 6.29 Å². The largest absolute Gasteiger partial charge is 0.345 e. The maximum Gasteiger partial charge on any atom is 0.184 e. The van der Waals surface area contributed by atoms with Crippen molar-refractivity contribution in [2.75, 3.05) is 32.7 Å². The number of rotatable bonds is 5. The molecule has 0 saturated carbocycles. The molecular formula is C24H32N2O2. The van der Waals surface area contributed by atoms with Gasteiger partial charge in [-0.05, 0) is 12.5 Å². The van der Waals surface area contributed by atoms with Gasteiger partial charge in [-0.1, -0.05) is 67.6 Å². The van der Waals surface area contributed by atoms with Gasteiger partial charge in [-0.15, -0.1) is 0 Å². The van der Waals surface area contributed by atoms with Crippen LogP contribution in [0, 0.1) is 5.92 Å². The summed E-state index contributed by atoms with van der Waals surface area (Å²) >= 11 is 0. The van der Waals surface area contributed by atoms with Crippen LogP contribution >= 0.6 is 0 Å². The molecular weight excluding hydrogens is 348 g/mol. The van der Waals surface area contributed by atoms with Gasteiger partial charge in [0.1, 0.15) is 0 Å². The standard InChI is InChI=1S/C24H32N2O2/c1-19-20(2)27-24(22-11-7-4-8-12-22)28-23(19)18-26-15-13-25(14-16-26)17-21-9-5-3-6-10-21/h3-12,19-20,23-24H,13-18H2,1-2H3/t19-,20+,23-,24+/m1/s1. The minimum atomic E-state index is -0.253. The van der Waals surface area contributed by atoms with Gasteiger partial charge in [-0.3, -0.25) is 9.80 Å². The second-order valence-corrected chi connectivity index (χ2v) is 8.18. The summed E-state index contributed by atoms with van der Waals surface area (Å²) in [7, 11) is 0. The molecule has 0 amide bonds. The first kappa shape index (κ1) is 19.6. The highest BCUT2D eigenvalue weighted by Gasteiger charge is 2.36. The molecule has 0 aromatic heterocycles. The van der Waals surface area contributed by atoms with Gasteiger partial charge in [0.2, 0.25) is 0 Å². The van der Waals surface area contributed by atoms with Crippen molar-refractivity contribution in [3.8, 4) is 0 Å². The summed E-state index contributed by atoms with van der Waals surface area (Å²) in [5, 5.41) is 0. The highest BCUT2D eigenvalue weighted by molar-refractivity contribution is 5.17. The van der Waals surface area contributed by atoms with Crippen LogP contribution in [0.4, 0.5) is 0 Å². The molecule has 4 atom stereocenters. The van der Waals surface area contributed by atoms with E-state index < -0.39 is 0 Å². The Labute approximate surface area is 169 Å². The second kappa shape index (κ2) is 9.19. The van der Waals surface area contributed by atoms with Crippen LogP contribution in [0.5, 0.6) is 0 Å². The third-order valence-electron chi connectivity index (χ3n) is 6.19. The Morgan fingerprint density at radius 1 is 0.786 bits per heavy atom. The van der Waals surface area contributed by atoms with Crippen LogP contribution < -0.4 is 0 Å². The molecule has 4 nitrogen and oxygen atoms in total.